The molecule has 0 bridgehead atoms. The molecule has 0 radical (unpaired) electrons. The zero-order valence-corrected chi connectivity index (χ0v) is 12.4. The van der Waals surface area contributed by atoms with Gasteiger partial charge < -0.3 is 5.32 Å². The third-order valence-corrected chi connectivity index (χ3v) is 3.58. The molecule has 3 heteroatoms. The van der Waals surface area contributed by atoms with Crippen molar-refractivity contribution in [3.05, 3.63) is 65.0 Å². The first-order valence-electron chi connectivity index (χ1n) is 6.70. The quantitative estimate of drug-likeness (QED) is 0.927. The molecule has 1 heterocycles. The van der Waals surface area contributed by atoms with Crippen LogP contribution in [0.15, 0.2) is 42.7 Å². The zero-order chi connectivity index (χ0) is 14.8. The van der Waals surface area contributed by atoms with Crippen LogP contribution in [0.3, 0.4) is 0 Å². The fraction of sp³-hybridized carbons (Fsp3) is 0.294. The third-order valence-electron chi connectivity index (χ3n) is 3.58. The highest BCUT2D eigenvalue weighted by atomic mass is 16.1. The van der Waals surface area contributed by atoms with Crippen molar-refractivity contribution >= 4 is 5.91 Å². The smallest absolute Gasteiger partial charge is 0.251 e. The summed E-state index contributed by atoms with van der Waals surface area (Å²) in [5.41, 5.74) is 3.52. The topological polar surface area (TPSA) is 42.0 Å². The van der Waals surface area contributed by atoms with Crippen molar-refractivity contribution in [1.29, 1.82) is 0 Å². The highest BCUT2D eigenvalue weighted by Gasteiger charge is 2.23. The Morgan fingerprint density at radius 3 is 2.50 bits per heavy atom. The van der Waals surface area contributed by atoms with Gasteiger partial charge in [0.2, 0.25) is 0 Å². The Kier molecular flexibility index (Phi) is 3.89. The SMILES string of the molecule is Cc1ccc(C(=O)NC(C)(C)c2cccnc2)cc1C. The van der Waals surface area contributed by atoms with Crippen molar-refractivity contribution in [2.45, 2.75) is 33.2 Å². The second-order valence-corrected chi connectivity index (χ2v) is 5.62. The predicted octanol–water partition coefficient (Wildman–Crippen LogP) is 3.36. The van der Waals surface area contributed by atoms with Gasteiger partial charge in [0.05, 0.1) is 5.54 Å². The number of nitrogens with zero attached hydrogens (tertiary/aromatic N) is 1. The molecule has 1 N–H and O–H groups in total. The minimum Gasteiger partial charge on any atom is -0.343 e. The van der Waals surface area contributed by atoms with Gasteiger partial charge in [-0.3, -0.25) is 9.78 Å². The van der Waals surface area contributed by atoms with Crippen LogP contribution in [0.4, 0.5) is 0 Å². The van der Waals surface area contributed by atoms with Gasteiger partial charge in [0.1, 0.15) is 0 Å². The van der Waals surface area contributed by atoms with E-state index in [9.17, 15) is 4.79 Å². The summed E-state index contributed by atoms with van der Waals surface area (Å²) < 4.78 is 0. The lowest BCUT2D eigenvalue weighted by molar-refractivity contribution is 0.0912. The summed E-state index contributed by atoms with van der Waals surface area (Å²) in [7, 11) is 0. The molecule has 0 saturated heterocycles. The molecule has 0 unspecified atom stereocenters. The maximum atomic E-state index is 12.4. The molecular formula is C17H20N2O. The highest BCUT2D eigenvalue weighted by molar-refractivity contribution is 5.95. The normalized spacial score (nSPS) is 11.2. The fourth-order valence-corrected chi connectivity index (χ4v) is 2.04. The Labute approximate surface area is 120 Å². The molecule has 1 aromatic heterocycles. The van der Waals surface area contributed by atoms with Crippen LogP contribution in [0.2, 0.25) is 0 Å². The van der Waals surface area contributed by atoms with Crippen LogP contribution in [0.5, 0.6) is 0 Å². The molecule has 1 aromatic carbocycles. The van der Waals surface area contributed by atoms with Crippen molar-refractivity contribution < 1.29 is 4.79 Å². The Morgan fingerprint density at radius 2 is 1.90 bits per heavy atom. The van der Waals surface area contributed by atoms with E-state index in [1.807, 2.05) is 58.0 Å². The molecule has 20 heavy (non-hydrogen) atoms. The standard InChI is InChI=1S/C17H20N2O/c1-12-7-8-14(10-13(12)2)16(20)19-17(3,4)15-6-5-9-18-11-15/h5-11H,1-4H3,(H,19,20). The number of hydrogen-bond donors (Lipinski definition) is 1. The van der Waals surface area contributed by atoms with Gasteiger partial charge in [-0.05, 0) is 62.6 Å². The molecule has 1 amide bonds. The second-order valence-electron chi connectivity index (χ2n) is 5.62. The Morgan fingerprint density at radius 1 is 1.15 bits per heavy atom. The number of aromatic nitrogens is 1. The van der Waals surface area contributed by atoms with Crippen LogP contribution >= 0.6 is 0 Å². The summed E-state index contributed by atoms with van der Waals surface area (Å²) in [6.45, 7) is 8.00. The maximum Gasteiger partial charge on any atom is 0.251 e. The molecule has 3 nitrogen and oxygen atoms in total. The lowest BCUT2D eigenvalue weighted by Crippen LogP contribution is -2.41. The molecule has 0 aliphatic heterocycles. The van der Waals surface area contributed by atoms with Crippen LogP contribution in [0.1, 0.15) is 40.9 Å². The van der Waals surface area contributed by atoms with E-state index in [0.29, 0.717) is 5.56 Å². The Bertz CT molecular complexity index is 618. The Balaban J connectivity index is 2.20. The van der Waals surface area contributed by atoms with Crippen molar-refractivity contribution in [2.24, 2.45) is 0 Å². The monoisotopic (exact) mass is 268 g/mol. The number of rotatable bonds is 3. The highest BCUT2D eigenvalue weighted by Crippen LogP contribution is 2.20. The molecule has 0 fully saturated rings. The number of pyridine rings is 1. The number of benzene rings is 1. The summed E-state index contributed by atoms with van der Waals surface area (Å²) in [4.78, 5) is 16.5. The Hall–Kier alpha value is -2.16. The van der Waals surface area contributed by atoms with Gasteiger partial charge in [-0.15, -0.1) is 0 Å². The van der Waals surface area contributed by atoms with Crippen LogP contribution in [-0.2, 0) is 5.54 Å². The first-order chi connectivity index (χ1) is 9.40. The van der Waals surface area contributed by atoms with Gasteiger partial charge in [0.15, 0.2) is 0 Å². The summed E-state index contributed by atoms with van der Waals surface area (Å²) in [5.74, 6) is -0.0676. The van der Waals surface area contributed by atoms with E-state index < -0.39 is 5.54 Å². The van der Waals surface area contributed by atoms with E-state index >= 15 is 0 Å². The third kappa shape index (κ3) is 3.05. The number of carbonyl (C=O) groups is 1. The summed E-state index contributed by atoms with van der Waals surface area (Å²) in [6.07, 6.45) is 3.51. The van der Waals surface area contributed by atoms with Gasteiger partial charge in [0, 0.05) is 18.0 Å². The van der Waals surface area contributed by atoms with Crippen molar-refractivity contribution in [1.82, 2.24) is 10.3 Å². The van der Waals surface area contributed by atoms with Crippen LogP contribution in [-0.4, -0.2) is 10.9 Å². The number of hydrogen-bond acceptors (Lipinski definition) is 2. The number of aryl methyl sites for hydroxylation is 2. The van der Waals surface area contributed by atoms with Gasteiger partial charge in [-0.1, -0.05) is 12.1 Å². The van der Waals surface area contributed by atoms with Crippen LogP contribution < -0.4 is 5.32 Å². The zero-order valence-electron chi connectivity index (χ0n) is 12.4. The lowest BCUT2D eigenvalue weighted by Gasteiger charge is -2.26. The summed E-state index contributed by atoms with van der Waals surface area (Å²) in [6, 6.07) is 9.59. The van der Waals surface area contributed by atoms with Gasteiger partial charge in [0.25, 0.3) is 5.91 Å². The fourth-order valence-electron chi connectivity index (χ4n) is 2.04. The van der Waals surface area contributed by atoms with E-state index in [4.69, 9.17) is 0 Å². The lowest BCUT2D eigenvalue weighted by atomic mass is 9.95. The van der Waals surface area contributed by atoms with E-state index in [1.54, 1.807) is 12.4 Å². The summed E-state index contributed by atoms with van der Waals surface area (Å²) in [5, 5.41) is 3.06. The van der Waals surface area contributed by atoms with Gasteiger partial charge in [-0.25, -0.2) is 0 Å². The largest absolute Gasteiger partial charge is 0.343 e. The molecule has 2 rings (SSSR count). The van der Waals surface area contributed by atoms with Crippen molar-refractivity contribution in [3.63, 3.8) is 0 Å². The van der Waals surface area contributed by atoms with Gasteiger partial charge in [-0.2, -0.15) is 0 Å². The molecule has 0 spiro atoms. The van der Waals surface area contributed by atoms with E-state index in [0.717, 1.165) is 11.1 Å². The minimum atomic E-state index is -0.454. The average Bonchev–Trinajstić information content (AvgIpc) is 2.42. The molecule has 0 aliphatic rings. The summed E-state index contributed by atoms with van der Waals surface area (Å²) >= 11 is 0. The average molecular weight is 268 g/mol. The van der Waals surface area contributed by atoms with Crippen LogP contribution in [0.25, 0.3) is 0 Å². The predicted molar refractivity (Wildman–Crippen MR) is 80.6 cm³/mol. The number of amides is 1. The number of nitrogens with one attached hydrogen (secondary N) is 1. The van der Waals surface area contributed by atoms with E-state index in [1.165, 1.54) is 5.56 Å². The van der Waals surface area contributed by atoms with Gasteiger partial charge >= 0.3 is 0 Å². The molecule has 0 aliphatic carbocycles. The first kappa shape index (κ1) is 14.3. The number of carbonyl (C=O) groups excluding carboxylic acids is 1. The van der Waals surface area contributed by atoms with Crippen molar-refractivity contribution in [2.75, 3.05) is 0 Å². The maximum absolute atomic E-state index is 12.4. The molecule has 104 valence electrons. The van der Waals surface area contributed by atoms with Crippen LogP contribution in [0, 0.1) is 13.8 Å². The second kappa shape index (κ2) is 5.45. The van der Waals surface area contributed by atoms with Crippen molar-refractivity contribution in [3.8, 4) is 0 Å². The molecule has 0 saturated carbocycles. The van der Waals surface area contributed by atoms with E-state index in [2.05, 4.69) is 10.3 Å². The molecule has 2 aromatic rings. The molecule has 0 atom stereocenters. The minimum absolute atomic E-state index is 0.0676. The molecular weight excluding hydrogens is 248 g/mol. The first-order valence-corrected chi connectivity index (χ1v) is 6.70. The van der Waals surface area contributed by atoms with E-state index in [-0.39, 0.29) is 5.91 Å².